The minimum absolute atomic E-state index is 0.0552. The Morgan fingerprint density at radius 2 is 1.90 bits per heavy atom. The highest BCUT2D eigenvalue weighted by atomic mass is 16.5. The van der Waals surface area contributed by atoms with E-state index in [9.17, 15) is 4.79 Å². The first-order valence-corrected chi connectivity index (χ1v) is 7.98. The molecule has 3 rings (SSSR count). The van der Waals surface area contributed by atoms with Crippen LogP contribution in [0.4, 0.5) is 0 Å². The number of ether oxygens (including phenoxy) is 1. The Morgan fingerprint density at radius 3 is 2.52 bits per heavy atom. The fourth-order valence-corrected chi connectivity index (χ4v) is 3.12. The van der Waals surface area contributed by atoms with E-state index >= 15 is 0 Å². The lowest BCUT2D eigenvalue weighted by Gasteiger charge is -2.33. The molecule has 2 heterocycles. The maximum absolute atomic E-state index is 12.3. The van der Waals surface area contributed by atoms with E-state index in [0.29, 0.717) is 0 Å². The number of carbonyl (C=O) groups excluding carboxylic acids is 1. The first kappa shape index (κ1) is 14.4. The van der Waals surface area contributed by atoms with E-state index in [1.54, 1.807) is 0 Å². The minimum atomic E-state index is 0.0552. The van der Waals surface area contributed by atoms with Crippen molar-refractivity contribution in [1.82, 2.24) is 10.2 Å². The number of amides is 1. The van der Waals surface area contributed by atoms with Crippen LogP contribution in [0.15, 0.2) is 24.3 Å². The molecule has 4 nitrogen and oxygen atoms in total. The molecular formula is C17H24N2O2. The average molecular weight is 288 g/mol. The molecule has 21 heavy (non-hydrogen) atoms. The molecule has 1 atom stereocenters. The molecular weight excluding hydrogens is 264 g/mol. The van der Waals surface area contributed by atoms with Gasteiger partial charge in [-0.15, -0.1) is 0 Å². The van der Waals surface area contributed by atoms with E-state index in [2.05, 4.69) is 24.4 Å². The van der Waals surface area contributed by atoms with Crippen LogP contribution in [0.3, 0.4) is 0 Å². The van der Waals surface area contributed by atoms with Crippen molar-refractivity contribution < 1.29 is 9.53 Å². The van der Waals surface area contributed by atoms with Gasteiger partial charge in [0.2, 0.25) is 5.91 Å². The van der Waals surface area contributed by atoms with E-state index in [1.165, 1.54) is 5.56 Å². The summed E-state index contributed by atoms with van der Waals surface area (Å²) in [6.07, 6.45) is 4.18. The van der Waals surface area contributed by atoms with Crippen molar-refractivity contribution >= 4 is 5.91 Å². The molecule has 1 amide bonds. The fraction of sp³-hybridized carbons (Fsp3) is 0.588. The van der Waals surface area contributed by atoms with Crippen molar-refractivity contribution in [1.29, 1.82) is 0 Å². The third-order valence-electron chi connectivity index (χ3n) is 4.44. The second kappa shape index (κ2) is 6.48. The zero-order valence-corrected chi connectivity index (χ0v) is 12.7. The smallest absolute Gasteiger partial charge is 0.239 e. The van der Waals surface area contributed by atoms with Crippen LogP contribution in [0.2, 0.25) is 0 Å². The molecule has 2 saturated heterocycles. The van der Waals surface area contributed by atoms with Gasteiger partial charge < -0.3 is 15.0 Å². The SMILES string of the molecule is Cc1ccc(OC2CCN(C(=O)[C@@H]3CCCN3)CC2)cc1. The van der Waals surface area contributed by atoms with Crippen LogP contribution in [0, 0.1) is 6.92 Å². The zero-order chi connectivity index (χ0) is 14.7. The summed E-state index contributed by atoms with van der Waals surface area (Å²) >= 11 is 0. The van der Waals surface area contributed by atoms with Crippen molar-refractivity contribution in [2.45, 2.75) is 44.8 Å². The van der Waals surface area contributed by atoms with E-state index < -0.39 is 0 Å². The quantitative estimate of drug-likeness (QED) is 0.926. The molecule has 1 aromatic rings. The summed E-state index contributed by atoms with van der Waals surface area (Å²) in [4.78, 5) is 14.3. The van der Waals surface area contributed by atoms with E-state index in [4.69, 9.17) is 4.74 Å². The van der Waals surface area contributed by atoms with Gasteiger partial charge in [0.25, 0.3) is 0 Å². The van der Waals surface area contributed by atoms with E-state index in [0.717, 1.165) is 51.1 Å². The van der Waals surface area contributed by atoms with Crippen molar-refractivity contribution in [3.05, 3.63) is 29.8 Å². The standard InChI is InChI=1S/C17H24N2O2/c1-13-4-6-14(7-5-13)21-15-8-11-19(12-9-15)17(20)16-3-2-10-18-16/h4-7,15-16,18H,2-3,8-12H2,1H3/t16-/m0/s1. The monoisotopic (exact) mass is 288 g/mol. The van der Waals surface area contributed by atoms with Gasteiger partial charge in [-0.1, -0.05) is 17.7 Å². The number of piperidine rings is 1. The largest absolute Gasteiger partial charge is 0.490 e. The summed E-state index contributed by atoms with van der Waals surface area (Å²) in [5, 5.41) is 3.29. The summed E-state index contributed by atoms with van der Waals surface area (Å²) in [5.41, 5.74) is 1.24. The molecule has 0 spiro atoms. The summed E-state index contributed by atoms with van der Waals surface area (Å²) in [7, 11) is 0. The van der Waals surface area contributed by atoms with Crippen LogP contribution >= 0.6 is 0 Å². The molecule has 0 aliphatic carbocycles. The van der Waals surface area contributed by atoms with Crippen LogP contribution < -0.4 is 10.1 Å². The third-order valence-corrected chi connectivity index (χ3v) is 4.44. The summed E-state index contributed by atoms with van der Waals surface area (Å²) in [6.45, 7) is 4.68. The zero-order valence-electron chi connectivity index (χ0n) is 12.7. The second-order valence-electron chi connectivity index (χ2n) is 6.10. The van der Waals surface area contributed by atoms with Gasteiger partial charge in [-0.2, -0.15) is 0 Å². The molecule has 2 fully saturated rings. The number of rotatable bonds is 3. The van der Waals surface area contributed by atoms with Crippen molar-refractivity contribution in [3.63, 3.8) is 0 Å². The lowest BCUT2D eigenvalue weighted by Crippen LogP contribution is -2.48. The molecule has 0 unspecified atom stereocenters. The van der Waals surface area contributed by atoms with Gasteiger partial charge in [0.05, 0.1) is 6.04 Å². The normalized spacial score (nSPS) is 23.3. The van der Waals surface area contributed by atoms with Gasteiger partial charge in [-0.25, -0.2) is 0 Å². The summed E-state index contributed by atoms with van der Waals surface area (Å²) in [5.74, 6) is 1.21. The number of hydrogen-bond acceptors (Lipinski definition) is 3. The van der Waals surface area contributed by atoms with Crippen LogP contribution in [0.25, 0.3) is 0 Å². The molecule has 1 aromatic carbocycles. The highest BCUT2D eigenvalue weighted by Crippen LogP contribution is 2.20. The maximum Gasteiger partial charge on any atom is 0.239 e. The van der Waals surface area contributed by atoms with Crippen LogP contribution in [-0.4, -0.2) is 42.6 Å². The molecule has 0 bridgehead atoms. The number of aryl methyl sites for hydroxylation is 1. The summed E-state index contributed by atoms with van der Waals surface area (Å²) < 4.78 is 6.01. The number of benzene rings is 1. The number of nitrogens with one attached hydrogen (secondary N) is 1. The molecule has 1 N–H and O–H groups in total. The number of likely N-dealkylation sites (tertiary alicyclic amines) is 1. The van der Waals surface area contributed by atoms with Crippen LogP contribution in [0.5, 0.6) is 5.75 Å². The molecule has 0 saturated carbocycles. The van der Waals surface area contributed by atoms with Gasteiger partial charge in [-0.3, -0.25) is 4.79 Å². The van der Waals surface area contributed by atoms with Gasteiger partial charge in [-0.05, 0) is 38.4 Å². The molecule has 2 aliphatic heterocycles. The Bertz CT molecular complexity index is 472. The Balaban J connectivity index is 1.48. The molecule has 114 valence electrons. The van der Waals surface area contributed by atoms with Crippen molar-refractivity contribution in [2.75, 3.05) is 19.6 Å². The molecule has 0 aromatic heterocycles. The highest BCUT2D eigenvalue weighted by Gasteiger charge is 2.30. The van der Waals surface area contributed by atoms with E-state index in [1.807, 2.05) is 17.0 Å². The fourth-order valence-electron chi connectivity index (χ4n) is 3.12. The van der Waals surface area contributed by atoms with Crippen molar-refractivity contribution in [3.8, 4) is 5.75 Å². The van der Waals surface area contributed by atoms with Crippen LogP contribution in [0.1, 0.15) is 31.2 Å². The maximum atomic E-state index is 12.3. The topological polar surface area (TPSA) is 41.6 Å². The van der Waals surface area contributed by atoms with Crippen molar-refractivity contribution in [2.24, 2.45) is 0 Å². The average Bonchev–Trinajstić information content (AvgIpc) is 3.04. The Kier molecular flexibility index (Phi) is 4.44. The minimum Gasteiger partial charge on any atom is -0.490 e. The Labute approximate surface area is 126 Å². The van der Waals surface area contributed by atoms with Gasteiger partial charge in [0.1, 0.15) is 11.9 Å². The second-order valence-corrected chi connectivity index (χ2v) is 6.10. The van der Waals surface area contributed by atoms with Gasteiger partial charge in [0.15, 0.2) is 0 Å². The molecule has 4 heteroatoms. The first-order chi connectivity index (χ1) is 10.2. The predicted octanol–water partition coefficient (Wildman–Crippen LogP) is 2.12. The third kappa shape index (κ3) is 3.56. The summed E-state index contributed by atoms with van der Waals surface area (Å²) in [6, 6.07) is 8.24. The lowest BCUT2D eigenvalue weighted by molar-refractivity contribution is -0.134. The first-order valence-electron chi connectivity index (χ1n) is 7.98. The van der Waals surface area contributed by atoms with Gasteiger partial charge >= 0.3 is 0 Å². The number of hydrogen-bond donors (Lipinski definition) is 1. The number of nitrogens with zero attached hydrogens (tertiary/aromatic N) is 1. The van der Waals surface area contributed by atoms with E-state index in [-0.39, 0.29) is 18.1 Å². The number of carbonyl (C=O) groups is 1. The van der Waals surface area contributed by atoms with Crippen LogP contribution in [-0.2, 0) is 4.79 Å². The Morgan fingerprint density at radius 1 is 1.19 bits per heavy atom. The Hall–Kier alpha value is -1.55. The highest BCUT2D eigenvalue weighted by molar-refractivity contribution is 5.82. The molecule has 0 radical (unpaired) electrons. The lowest BCUT2D eigenvalue weighted by atomic mass is 10.1. The van der Waals surface area contributed by atoms with Gasteiger partial charge in [0, 0.05) is 25.9 Å². The molecule has 2 aliphatic rings. The predicted molar refractivity (Wildman–Crippen MR) is 82.4 cm³/mol.